The van der Waals surface area contributed by atoms with Crippen LogP contribution in [0.5, 0.6) is 0 Å². The minimum Gasteiger partial charge on any atom is -0.338 e. The van der Waals surface area contributed by atoms with Gasteiger partial charge >= 0.3 is 0 Å². The van der Waals surface area contributed by atoms with Gasteiger partial charge in [-0.15, -0.1) is 0 Å². The summed E-state index contributed by atoms with van der Waals surface area (Å²) < 4.78 is 0. The molecule has 0 unspecified atom stereocenters. The molecule has 2 aliphatic heterocycles. The highest BCUT2D eigenvalue weighted by Crippen LogP contribution is 2.30. The van der Waals surface area contributed by atoms with Gasteiger partial charge in [-0.05, 0) is 55.4 Å². The van der Waals surface area contributed by atoms with E-state index in [1.54, 1.807) is 0 Å². The average molecular weight is 396 g/mol. The molecule has 156 valence electrons. The lowest BCUT2D eigenvalue weighted by atomic mass is 9.91. The first-order chi connectivity index (χ1) is 14.2. The van der Waals surface area contributed by atoms with Crippen LogP contribution in [0.3, 0.4) is 0 Å². The van der Waals surface area contributed by atoms with Gasteiger partial charge in [0.2, 0.25) is 5.91 Å². The minimum absolute atomic E-state index is 0.172. The van der Waals surface area contributed by atoms with Crippen LogP contribution in [0.25, 0.3) is 0 Å². The van der Waals surface area contributed by atoms with Gasteiger partial charge in [0.05, 0.1) is 0 Å². The molecule has 2 amide bonds. The molecule has 4 aliphatic rings. The Morgan fingerprint density at radius 3 is 2.24 bits per heavy atom. The Morgan fingerprint density at radius 1 is 0.793 bits per heavy atom. The highest BCUT2D eigenvalue weighted by molar-refractivity contribution is 5.94. The second kappa shape index (κ2) is 8.10. The van der Waals surface area contributed by atoms with Crippen LogP contribution in [0.1, 0.15) is 66.4 Å². The summed E-state index contributed by atoms with van der Waals surface area (Å²) in [5, 5.41) is 0. The van der Waals surface area contributed by atoms with Gasteiger partial charge in [-0.2, -0.15) is 0 Å². The third-order valence-corrected chi connectivity index (χ3v) is 7.67. The van der Waals surface area contributed by atoms with Gasteiger partial charge in [-0.3, -0.25) is 14.5 Å². The largest absolute Gasteiger partial charge is 0.338 e. The minimum atomic E-state index is 0.172. The molecular formula is C24H33N3O2. The Labute approximate surface area is 174 Å². The molecule has 1 saturated heterocycles. The number of fused-ring (bicyclic) bond motifs is 1. The molecule has 2 heterocycles. The number of benzene rings is 1. The van der Waals surface area contributed by atoms with E-state index in [4.69, 9.17) is 0 Å². The summed E-state index contributed by atoms with van der Waals surface area (Å²) in [6, 6.07) is 6.92. The Kier molecular flexibility index (Phi) is 5.33. The molecule has 0 N–H and O–H groups in total. The zero-order valence-electron chi connectivity index (χ0n) is 17.4. The summed E-state index contributed by atoms with van der Waals surface area (Å²) in [6.45, 7) is 5.21. The number of nitrogens with zero attached hydrogens (tertiary/aromatic N) is 3. The number of carbonyl (C=O) groups is 2. The molecule has 1 aromatic carbocycles. The van der Waals surface area contributed by atoms with Crippen molar-refractivity contribution < 1.29 is 9.59 Å². The van der Waals surface area contributed by atoms with E-state index in [1.165, 1.54) is 43.2 Å². The molecule has 2 saturated carbocycles. The normalized spacial score (nSPS) is 23.7. The second-order valence-corrected chi connectivity index (χ2v) is 9.39. The SMILES string of the molecule is O=C(c1ccc2c(c1)CCN(C(=O)C1CCCC1)C2)N1CCN(C2CCC2)CC1. The zero-order chi connectivity index (χ0) is 19.8. The van der Waals surface area contributed by atoms with E-state index < -0.39 is 0 Å². The molecule has 1 aromatic rings. The standard InChI is InChI=1S/C24H33N3O2/c28-23(18-4-1-2-5-18)27-11-10-19-16-20(8-9-21(19)17-27)24(29)26-14-12-25(13-15-26)22-6-3-7-22/h8-9,16,18,22H,1-7,10-15,17H2. The molecule has 5 nitrogen and oxygen atoms in total. The van der Waals surface area contributed by atoms with Crippen molar-refractivity contribution in [1.29, 1.82) is 0 Å². The molecule has 0 bridgehead atoms. The van der Waals surface area contributed by atoms with Crippen LogP contribution in [0.15, 0.2) is 18.2 Å². The lowest BCUT2D eigenvalue weighted by Crippen LogP contribution is -2.53. The van der Waals surface area contributed by atoms with E-state index in [0.29, 0.717) is 12.5 Å². The summed E-state index contributed by atoms with van der Waals surface area (Å²) in [6.07, 6.45) is 9.40. The number of hydrogen-bond acceptors (Lipinski definition) is 3. The summed E-state index contributed by atoms with van der Waals surface area (Å²) in [5.74, 6) is 0.763. The molecule has 5 rings (SSSR count). The second-order valence-electron chi connectivity index (χ2n) is 9.39. The van der Waals surface area contributed by atoms with Gasteiger partial charge < -0.3 is 9.80 Å². The van der Waals surface area contributed by atoms with Gasteiger partial charge in [0.15, 0.2) is 0 Å². The van der Waals surface area contributed by atoms with Crippen molar-refractivity contribution in [1.82, 2.24) is 14.7 Å². The summed E-state index contributed by atoms with van der Waals surface area (Å²) in [4.78, 5) is 32.4. The molecule has 0 aromatic heterocycles. The van der Waals surface area contributed by atoms with Crippen LogP contribution in [0.4, 0.5) is 0 Å². The predicted octanol–water partition coefficient (Wildman–Crippen LogP) is 3.07. The quantitative estimate of drug-likeness (QED) is 0.790. The van der Waals surface area contributed by atoms with E-state index in [1.807, 2.05) is 15.9 Å². The lowest BCUT2D eigenvalue weighted by Gasteiger charge is -2.43. The smallest absolute Gasteiger partial charge is 0.253 e. The monoisotopic (exact) mass is 395 g/mol. The molecule has 5 heteroatoms. The van der Waals surface area contributed by atoms with Crippen molar-refractivity contribution in [3.8, 4) is 0 Å². The van der Waals surface area contributed by atoms with Gasteiger partial charge in [-0.25, -0.2) is 0 Å². The van der Waals surface area contributed by atoms with Crippen LogP contribution in [0.2, 0.25) is 0 Å². The van der Waals surface area contributed by atoms with Crippen LogP contribution in [0, 0.1) is 5.92 Å². The first-order valence-electron chi connectivity index (χ1n) is 11.6. The van der Waals surface area contributed by atoms with Crippen molar-refractivity contribution >= 4 is 11.8 Å². The molecule has 0 spiro atoms. The van der Waals surface area contributed by atoms with E-state index in [-0.39, 0.29) is 11.8 Å². The Balaban J connectivity index is 1.21. The average Bonchev–Trinajstić information content (AvgIpc) is 3.26. The number of rotatable bonds is 3. The fourth-order valence-corrected chi connectivity index (χ4v) is 5.53. The fraction of sp³-hybridized carbons (Fsp3) is 0.667. The third kappa shape index (κ3) is 3.81. The predicted molar refractivity (Wildman–Crippen MR) is 113 cm³/mol. The van der Waals surface area contributed by atoms with E-state index in [9.17, 15) is 9.59 Å². The van der Waals surface area contributed by atoms with Gasteiger partial charge in [0, 0.05) is 56.8 Å². The third-order valence-electron chi connectivity index (χ3n) is 7.67. The van der Waals surface area contributed by atoms with Crippen LogP contribution < -0.4 is 0 Å². The first kappa shape index (κ1) is 19.1. The molecular weight excluding hydrogens is 362 g/mol. The molecule has 2 aliphatic carbocycles. The van der Waals surface area contributed by atoms with Crippen molar-refractivity contribution in [2.75, 3.05) is 32.7 Å². The first-order valence-corrected chi connectivity index (χ1v) is 11.6. The molecule has 0 atom stereocenters. The Bertz CT molecular complexity index is 774. The molecule has 29 heavy (non-hydrogen) atoms. The number of amides is 2. The maximum absolute atomic E-state index is 13.0. The fourth-order valence-electron chi connectivity index (χ4n) is 5.53. The molecule has 0 radical (unpaired) electrons. The number of hydrogen-bond donors (Lipinski definition) is 0. The van der Waals surface area contributed by atoms with Crippen molar-refractivity contribution in [3.63, 3.8) is 0 Å². The van der Waals surface area contributed by atoms with Gasteiger partial charge in [0.1, 0.15) is 0 Å². The van der Waals surface area contributed by atoms with Gasteiger partial charge in [-0.1, -0.05) is 25.3 Å². The summed E-state index contributed by atoms with van der Waals surface area (Å²) >= 11 is 0. The maximum atomic E-state index is 13.0. The topological polar surface area (TPSA) is 43.9 Å². The van der Waals surface area contributed by atoms with Crippen molar-refractivity contribution in [2.24, 2.45) is 5.92 Å². The number of piperazine rings is 1. The van der Waals surface area contributed by atoms with E-state index in [2.05, 4.69) is 17.0 Å². The Hall–Kier alpha value is -1.88. The lowest BCUT2D eigenvalue weighted by molar-refractivity contribution is -0.136. The number of carbonyl (C=O) groups excluding carboxylic acids is 2. The molecule has 3 fully saturated rings. The van der Waals surface area contributed by atoms with Crippen molar-refractivity contribution in [3.05, 3.63) is 34.9 Å². The van der Waals surface area contributed by atoms with E-state index in [0.717, 1.165) is 63.6 Å². The van der Waals surface area contributed by atoms with Crippen LogP contribution >= 0.6 is 0 Å². The highest BCUT2D eigenvalue weighted by Gasteiger charge is 2.31. The summed E-state index contributed by atoms with van der Waals surface area (Å²) in [5.41, 5.74) is 3.28. The van der Waals surface area contributed by atoms with E-state index >= 15 is 0 Å². The zero-order valence-corrected chi connectivity index (χ0v) is 17.4. The Morgan fingerprint density at radius 2 is 1.55 bits per heavy atom. The van der Waals surface area contributed by atoms with Crippen molar-refractivity contribution in [2.45, 2.75) is 64.0 Å². The van der Waals surface area contributed by atoms with Crippen LogP contribution in [-0.2, 0) is 17.8 Å². The van der Waals surface area contributed by atoms with Crippen LogP contribution in [-0.4, -0.2) is 65.3 Å². The highest BCUT2D eigenvalue weighted by atomic mass is 16.2. The maximum Gasteiger partial charge on any atom is 0.253 e. The summed E-state index contributed by atoms with van der Waals surface area (Å²) in [7, 11) is 0. The van der Waals surface area contributed by atoms with Gasteiger partial charge in [0.25, 0.3) is 5.91 Å².